The van der Waals surface area contributed by atoms with Crippen LogP contribution < -0.4 is 0 Å². The van der Waals surface area contributed by atoms with Crippen molar-refractivity contribution in [3.63, 3.8) is 0 Å². The Hall–Kier alpha value is 0.650. The van der Waals surface area contributed by atoms with E-state index in [2.05, 4.69) is 29.5 Å². The van der Waals surface area contributed by atoms with Gasteiger partial charge in [-0.1, -0.05) is 48.8 Å². The minimum absolute atomic E-state index is 0.515. The van der Waals surface area contributed by atoms with Crippen molar-refractivity contribution in [3.05, 3.63) is 0 Å². The number of aliphatic hydroxyl groups excluding tert-OH is 2. The third-order valence-electron chi connectivity index (χ3n) is 1.71. The second-order valence-electron chi connectivity index (χ2n) is 2.78. The monoisotopic (exact) mass is 272 g/mol. The molecule has 0 radical (unpaired) electrons. The SMILES string of the molecule is CCCCC[C@@H](O)[C@@H](O)CI. The van der Waals surface area contributed by atoms with Crippen LogP contribution in [0.2, 0.25) is 0 Å². The van der Waals surface area contributed by atoms with Gasteiger partial charge in [-0.15, -0.1) is 0 Å². The first-order valence-corrected chi connectivity index (χ1v) is 5.67. The lowest BCUT2D eigenvalue weighted by atomic mass is 10.1. The Labute approximate surface area is 82.1 Å². The molecule has 0 heterocycles. The number of alkyl halides is 1. The molecule has 2 atom stereocenters. The zero-order valence-electron chi connectivity index (χ0n) is 6.96. The summed E-state index contributed by atoms with van der Waals surface area (Å²) in [5.41, 5.74) is 0. The van der Waals surface area contributed by atoms with E-state index >= 15 is 0 Å². The predicted molar refractivity (Wildman–Crippen MR) is 55.0 cm³/mol. The van der Waals surface area contributed by atoms with Crippen LogP contribution in [-0.4, -0.2) is 26.8 Å². The van der Waals surface area contributed by atoms with Crippen LogP contribution in [0.5, 0.6) is 0 Å². The van der Waals surface area contributed by atoms with Crippen LogP contribution >= 0.6 is 22.6 Å². The van der Waals surface area contributed by atoms with Gasteiger partial charge >= 0.3 is 0 Å². The van der Waals surface area contributed by atoms with Crippen LogP contribution in [0.3, 0.4) is 0 Å². The Morgan fingerprint density at radius 1 is 1.18 bits per heavy atom. The summed E-state index contributed by atoms with van der Waals surface area (Å²) in [6.45, 7) is 2.13. The molecule has 11 heavy (non-hydrogen) atoms. The summed E-state index contributed by atoms with van der Waals surface area (Å²) >= 11 is 2.08. The van der Waals surface area contributed by atoms with E-state index in [-0.39, 0.29) is 0 Å². The van der Waals surface area contributed by atoms with Crippen molar-refractivity contribution in [2.24, 2.45) is 0 Å². The normalized spacial score (nSPS) is 16.4. The highest BCUT2D eigenvalue weighted by Gasteiger charge is 2.13. The van der Waals surface area contributed by atoms with E-state index in [0.717, 1.165) is 25.7 Å². The van der Waals surface area contributed by atoms with Gasteiger partial charge in [0.1, 0.15) is 0 Å². The first kappa shape index (κ1) is 11.6. The largest absolute Gasteiger partial charge is 0.390 e. The molecule has 0 aromatic rings. The van der Waals surface area contributed by atoms with Crippen molar-refractivity contribution in [1.29, 1.82) is 0 Å². The van der Waals surface area contributed by atoms with E-state index in [0.29, 0.717) is 4.43 Å². The molecule has 0 saturated heterocycles. The van der Waals surface area contributed by atoms with Crippen molar-refractivity contribution in [2.75, 3.05) is 4.43 Å². The lowest BCUT2D eigenvalue weighted by molar-refractivity contribution is 0.0293. The van der Waals surface area contributed by atoms with E-state index in [1.165, 1.54) is 0 Å². The molecule has 0 saturated carbocycles. The average molecular weight is 272 g/mol. The topological polar surface area (TPSA) is 40.5 Å². The predicted octanol–water partition coefficient (Wildman–Crippen LogP) is 1.72. The number of hydrogen-bond donors (Lipinski definition) is 2. The molecule has 0 spiro atoms. The Kier molecular flexibility index (Phi) is 7.74. The first-order chi connectivity index (χ1) is 5.22. The maximum atomic E-state index is 9.29. The Balaban J connectivity index is 3.28. The molecular formula is C8H17IO2. The van der Waals surface area contributed by atoms with Crippen LogP contribution in [0.4, 0.5) is 0 Å². The van der Waals surface area contributed by atoms with Crippen molar-refractivity contribution >= 4 is 22.6 Å². The highest BCUT2D eigenvalue weighted by Crippen LogP contribution is 2.08. The molecule has 0 aromatic carbocycles. The Bertz CT molecular complexity index is 88.2. The number of aliphatic hydroxyl groups is 2. The maximum absolute atomic E-state index is 9.29. The van der Waals surface area contributed by atoms with Crippen molar-refractivity contribution in [1.82, 2.24) is 0 Å². The molecule has 0 rings (SSSR count). The fourth-order valence-corrected chi connectivity index (χ4v) is 1.49. The van der Waals surface area contributed by atoms with E-state index in [4.69, 9.17) is 5.11 Å². The second-order valence-corrected chi connectivity index (χ2v) is 3.67. The highest BCUT2D eigenvalue weighted by molar-refractivity contribution is 14.1. The molecule has 3 heteroatoms. The minimum Gasteiger partial charge on any atom is -0.390 e. The van der Waals surface area contributed by atoms with E-state index < -0.39 is 12.2 Å². The third kappa shape index (κ3) is 5.87. The van der Waals surface area contributed by atoms with Gasteiger partial charge in [-0.2, -0.15) is 0 Å². The fraction of sp³-hybridized carbons (Fsp3) is 1.00. The summed E-state index contributed by atoms with van der Waals surface area (Å²) < 4.78 is 0.616. The van der Waals surface area contributed by atoms with Crippen molar-refractivity contribution in [2.45, 2.75) is 44.8 Å². The first-order valence-electron chi connectivity index (χ1n) is 4.14. The smallest absolute Gasteiger partial charge is 0.0888 e. The molecule has 0 fully saturated rings. The molecule has 0 bridgehead atoms. The Morgan fingerprint density at radius 3 is 2.27 bits per heavy atom. The zero-order chi connectivity index (χ0) is 8.69. The van der Waals surface area contributed by atoms with Gasteiger partial charge in [0, 0.05) is 4.43 Å². The van der Waals surface area contributed by atoms with Crippen LogP contribution in [0.25, 0.3) is 0 Å². The molecule has 0 aromatic heterocycles. The van der Waals surface area contributed by atoms with Crippen LogP contribution in [-0.2, 0) is 0 Å². The van der Waals surface area contributed by atoms with Crippen LogP contribution in [0.15, 0.2) is 0 Å². The number of unbranched alkanes of at least 4 members (excludes halogenated alkanes) is 2. The van der Waals surface area contributed by atoms with Gasteiger partial charge in [0.15, 0.2) is 0 Å². The minimum atomic E-state index is -0.535. The van der Waals surface area contributed by atoms with Crippen LogP contribution in [0, 0.1) is 0 Å². The molecular weight excluding hydrogens is 255 g/mol. The van der Waals surface area contributed by atoms with Gasteiger partial charge < -0.3 is 10.2 Å². The van der Waals surface area contributed by atoms with E-state index in [1.54, 1.807) is 0 Å². The molecule has 0 aliphatic carbocycles. The summed E-state index contributed by atoms with van der Waals surface area (Å²) in [6.07, 6.45) is 3.01. The van der Waals surface area contributed by atoms with Gasteiger partial charge in [0.05, 0.1) is 12.2 Å². The summed E-state index contributed by atoms with van der Waals surface area (Å²) in [5.74, 6) is 0. The Morgan fingerprint density at radius 2 is 1.82 bits per heavy atom. The highest BCUT2D eigenvalue weighted by atomic mass is 127. The summed E-state index contributed by atoms with van der Waals surface area (Å²) in [6, 6.07) is 0. The van der Waals surface area contributed by atoms with Gasteiger partial charge in [0.2, 0.25) is 0 Å². The van der Waals surface area contributed by atoms with E-state index in [9.17, 15) is 5.11 Å². The number of halogens is 1. The average Bonchev–Trinajstić information content (AvgIpc) is 2.03. The molecule has 68 valence electrons. The third-order valence-corrected chi connectivity index (χ3v) is 2.61. The maximum Gasteiger partial charge on any atom is 0.0888 e. The second kappa shape index (κ2) is 7.31. The van der Waals surface area contributed by atoms with Crippen molar-refractivity contribution < 1.29 is 10.2 Å². The summed E-state index contributed by atoms with van der Waals surface area (Å²) in [4.78, 5) is 0. The summed E-state index contributed by atoms with van der Waals surface area (Å²) in [7, 11) is 0. The molecule has 0 unspecified atom stereocenters. The number of hydrogen-bond acceptors (Lipinski definition) is 2. The molecule has 0 aliphatic heterocycles. The van der Waals surface area contributed by atoms with E-state index in [1.807, 2.05) is 0 Å². The van der Waals surface area contributed by atoms with Gasteiger partial charge in [-0.05, 0) is 6.42 Å². The lowest BCUT2D eigenvalue weighted by Crippen LogP contribution is -2.26. The number of rotatable bonds is 6. The van der Waals surface area contributed by atoms with Crippen molar-refractivity contribution in [3.8, 4) is 0 Å². The standard InChI is InChI=1S/C8H17IO2/c1-2-3-4-5-7(10)8(11)6-9/h7-8,10-11H,2-6H2,1H3/t7-,8+/m1/s1. The van der Waals surface area contributed by atoms with Gasteiger partial charge in [-0.25, -0.2) is 0 Å². The molecule has 0 amide bonds. The zero-order valence-corrected chi connectivity index (χ0v) is 9.12. The molecule has 2 nitrogen and oxygen atoms in total. The fourth-order valence-electron chi connectivity index (χ4n) is 0.899. The van der Waals surface area contributed by atoms with Gasteiger partial charge in [0.25, 0.3) is 0 Å². The summed E-state index contributed by atoms with van der Waals surface area (Å²) in [5, 5.41) is 18.5. The van der Waals surface area contributed by atoms with Gasteiger partial charge in [-0.3, -0.25) is 0 Å². The van der Waals surface area contributed by atoms with Crippen LogP contribution in [0.1, 0.15) is 32.6 Å². The quantitative estimate of drug-likeness (QED) is 0.439. The molecule has 2 N–H and O–H groups in total. The molecule has 0 aliphatic rings. The lowest BCUT2D eigenvalue weighted by Gasteiger charge is -2.14.